The number of hydrogen-bond acceptors (Lipinski definition) is 4. The number of hydrogen-bond donors (Lipinski definition) is 2. The monoisotopic (exact) mass is 396 g/mol. The van der Waals surface area contributed by atoms with Gasteiger partial charge in [0.1, 0.15) is 23.4 Å². The molecule has 0 spiro atoms. The molecule has 2 N–H and O–H groups in total. The first kappa shape index (κ1) is 20.1. The van der Waals surface area contributed by atoms with Crippen molar-refractivity contribution in [1.29, 1.82) is 0 Å². The summed E-state index contributed by atoms with van der Waals surface area (Å²) in [6, 6.07) is 11.7. The maximum Gasteiger partial charge on any atom is 0.313 e. The van der Waals surface area contributed by atoms with E-state index in [1.807, 2.05) is 6.92 Å². The molecule has 2 amide bonds. The van der Waals surface area contributed by atoms with Crippen LogP contribution in [0.2, 0.25) is 0 Å². The lowest BCUT2D eigenvalue weighted by Gasteiger charge is -2.19. The molecule has 8 heteroatoms. The first-order valence-corrected chi connectivity index (χ1v) is 9.05. The number of ether oxygens (including phenoxy) is 1. The van der Waals surface area contributed by atoms with Crippen LogP contribution in [0, 0.1) is 5.82 Å². The number of nitrogens with zero attached hydrogens (tertiary/aromatic N) is 2. The lowest BCUT2D eigenvalue weighted by molar-refractivity contribution is -0.136. The van der Waals surface area contributed by atoms with E-state index in [4.69, 9.17) is 4.74 Å². The van der Waals surface area contributed by atoms with Crippen LogP contribution in [-0.2, 0) is 16.6 Å². The number of aromatic nitrogens is 2. The highest BCUT2D eigenvalue weighted by molar-refractivity contribution is 6.39. The summed E-state index contributed by atoms with van der Waals surface area (Å²) in [4.78, 5) is 29.1. The Kier molecular flexibility index (Phi) is 6.23. The Morgan fingerprint density at radius 1 is 1.17 bits per heavy atom. The molecule has 0 aliphatic rings. The van der Waals surface area contributed by atoms with E-state index in [1.165, 1.54) is 18.2 Å². The van der Waals surface area contributed by atoms with Gasteiger partial charge in [0.25, 0.3) is 0 Å². The summed E-state index contributed by atoms with van der Waals surface area (Å²) in [6.07, 6.45) is 3.27. The standard InChI is InChI=1S/C21H21FN4O3/c1-3-29-17-9-7-16(8-10-17)24-20(27)21(28)25-18(19-23-11-12-26(19)2)14-5-4-6-15(22)13-14/h4-13,18H,3H2,1-2H3,(H,24,27)(H,25,28)/t18-/m0/s1. The number of rotatable bonds is 6. The second kappa shape index (κ2) is 9.01. The van der Waals surface area contributed by atoms with Gasteiger partial charge in [-0.05, 0) is 48.9 Å². The van der Waals surface area contributed by atoms with Gasteiger partial charge in [0, 0.05) is 25.1 Å². The fourth-order valence-corrected chi connectivity index (χ4v) is 2.82. The van der Waals surface area contributed by atoms with Crippen molar-refractivity contribution < 1.29 is 18.7 Å². The van der Waals surface area contributed by atoms with Crippen molar-refractivity contribution in [3.8, 4) is 5.75 Å². The number of aryl methyl sites for hydroxylation is 1. The number of amides is 2. The van der Waals surface area contributed by atoms with Crippen molar-refractivity contribution in [2.75, 3.05) is 11.9 Å². The zero-order chi connectivity index (χ0) is 20.8. The van der Waals surface area contributed by atoms with Crippen molar-refractivity contribution in [3.63, 3.8) is 0 Å². The van der Waals surface area contributed by atoms with Crippen LogP contribution in [0.3, 0.4) is 0 Å². The van der Waals surface area contributed by atoms with Crippen LogP contribution in [0.5, 0.6) is 5.75 Å². The SMILES string of the molecule is CCOc1ccc(NC(=O)C(=O)N[C@@H](c2cccc(F)c2)c2nccn2C)cc1. The van der Waals surface area contributed by atoms with E-state index in [0.717, 1.165) is 0 Å². The highest BCUT2D eigenvalue weighted by Crippen LogP contribution is 2.21. The summed E-state index contributed by atoms with van der Waals surface area (Å²) in [5, 5.41) is 5.16. The molecule has 0 saturated heterocycles. The van der Waals surface area contributed by atoms with Gasteiger partial charge in [-0.2, -0.15) is 0 Å². The van der Waals surface area contributed by atoms with Gasteiger partial charge in [0.05, 0.1) is 6.61 Å². The lowest BCUT2D eigenvalue weighted by atomic mass is 10.1. The van der Waals surface area contributed by atoms with E-state index in [-0.39, 0.29) is 0 Å². The molecule has 0 fully saturated rings. The van der Waals surface area contributed by atoms with Crippen molar-refractivity contribution >= 4 is 17.5 Å². The van der Waals surface area contributed by atoms with E-state index < -0.39 is 23.7 Å². The Morgan fingerprint density at radius 3 is 2.55 bits per heavy atom. The zero-order valence-corrected chi connectivity index (χ0v) is 16.1. The molecule has 29 heavy (non-hydrogen) atoms. The number of halogens is 1. The van der Waals surface area contributed by atoms with Gasteiger partial charge in [-0.15, -0.1) is 0 Å². The van der Waals surface area contributed by atoms with Gasteiger partial charge in [0.15, 0.2) is 0 Å². The fraction of sp³-hybridized carbons (Fsp3) is 0.190. The summed E-state index contributed by atoms with van der Waals surface area (Å²) in [6.45, 7) is 2.40. The Balaban J connectivity index is 1.75. The van der Waals surface area contributed by atoms with Crippen LogP contribution in [0.4, 0.5) is 10.1 Å². The Hall–Kier alpha value is -3.68. The van der Waals surface area contributed by atoms with E-state index in [1.54, 1.807) is 54.3 Å². The predicted octanol–water partition coefficient (Wildman–Crippen LogP) is 2.80. The maximum absolute atomic E-state index is 13.7. The van der Waals surface area contributed by atoms with Crippen LogP contribution in [0.15, 0.2) is 60.9 Å². The van der Waals surface area contributed by atoms with Crippen LogP contribution >= 0.6 is 0 Å². The van der Waals surface area contributed by atoms with E-state index in [0.29, 0.717) is 29.4 Å². The molecule has 1 aromatic heterocycles. The van der Waals surface area contributed by atoms with Gasteiger partial charge in [-0.1, -0.05) is 12.1 Å². The van der Waals surface area contributed by atoms with E-state index >= 15 is 0 Å². The fourth-order valence-electron chi connectivity index (χ4n) is 2.82. The number of carbonyl (C=O) groups excluding carboxylic acids is 2. The molecule has 7 nitrogen and oxygen atoms in total. The first-order chi connectivity index (χ1) is 14.0. The average Bonchev–Trinajstić information content (AvgIpc) is 3.13. The van der Waals surface area contributed by atoms with Crippen LogP contribution in [0.25, 0.3) is 0 Å². The highest BCUT2D eigenvalue weighted by Gasteiger charge is 2.24. The van der Waals surface area contributed by atoms with E-state index in [9.17, 15) is 14.0 Å². The molecule has 0 aliphatic carbocycles. The van der Waals surface area contributed by atoms with Crippen molar-refractivity contribution in [1.82, 2.24) is 14.9 Å². The molecule has 1 heterocycles. The van der Waals surface area contributed by atoms with Gasteiger partial charge in [-0.25, -0.2) is 9.37 Å². The quantitative estimate of drug-likeness (QED) is 0.628. The largest absolute Gasteiger partial charge is 0.494 e. The third kappa shape index (κ3) is 4.98. The molecule has 1 atom stereocenters. The molecule has 0 bridgehead atoms. The van der Waals surface area contributed by atoms with Gasteiger partial charge in [-0.3, -0.25) is 9.59 Å². The molecule has 0 saturated carbocycles. The second-order valence-electron chi connectivity index (χ2n) is 6.27. The van der Waals surface area contributed by atoms with E-state index in [2.05, 4.69) is 15.6 Å². The third-order valence-corrected chi connectivity index (χ3v) is 4.20. The number of benzene rings is 2. The number of anilines is 1. The molecular formula is C21H21FN4O3. The number of carbonyl (C=O) groups is 2. The summed E-state index contributed by atoms with van der Waals surface area (Å²) >= 11 is 0. The van der Waals surface area contributed by atoms with Crippen molar-refractivity contribution in [2.24, 2.45) is 7.05 Å². The van der Waals surface area contributed by atoms with Gasteiger partial charge >= 0.3 is 11.8 Å². The molecule has 0 aliphatic heterocycles. The van der Waals surface area contributed by atoms with Crippen LogP contribution in [0.1, 0.15) is 24.4 Å². The molecule has 150 valence electrons. The minimum atomic E-state index is -0.865. The van der Waals surface area contributed by atoms with Crippen molar-refractivity contribution in [3.05, 3.63) is 78.1 Å². The second-order valence-corrected chi connectivity index (χ2v) is 6.27. The number of imidazole rings is 1. The van der Waals surface area contributed by atoms with Gasteiger partial charge in [0.2, 0.25) is 0 Å². The zero-order valence-electron chi connectivity index (χ0n) is 16.1. The number of nitrogens with one attached hydrogen (secondary N) is 2. The predicted molar refractivity (Wildman–Crippen MR) is 106 cm³/mol. The Labute approximate surface area is 167 Å². The molecule has 0 unspecified atom stereocenters. The molecule has 3 aromatic rings. The third-order valence-electron chi connectivity index (χ3n) is 4.20. The Morgan fingerprint density at radius 2 is 1.93 bits per heavy atom. The molecule has 0 radical (unpaired) electrons. The smallest absolute Gasteiger partial charge is 0.313 e. The Bertz CT molecular complexity index is 1000. The van der Waals surface area contributed by atoms with Crippen LogP contribution < -0.4 is 15.4 Å². The molecule has 2 aromatic carbocycles. The van der Waals surface area contributed by atoms with Gasteiger partial charge < -0.3 is 19.9 Å². The summed E-state index contributed by atoms with van der Waals surface area (Å²) < 4.78 is 20.8. The molecule has 3 rings (SSSR count). The van der Waals surface area contributed by atoms with Crippen molar-refractivity contribution in [2.45, 2.75) is 13.0 Å². The highest BCUT2D eigenvalue weighted by atomic mass is 19.1. The lowest BCUT2D eigenvalue weighted by Crippen LogP contribution is -2.39. The molecular weight excluding hydrogens is 375 g/mol. The minimum absolute atomic E-state index is 0.449. The first-order valence-electron chi connectivity index (χ1n) is 9.05. The minimum Gasteiger partial charge on any atom is -0.494 e. The summed E-state index contributed by atoms with van der Waals surface area (Å²) in [5.41, 5.74) is 0.925. The summed E-state index contributed by atoms with van der Waals surface area (Å²) in [5.74, 6) is -1.02. The average molecular weight is 396 g/mol. The normalized spacial score (nSPS) is 11.6. The van der Waals surface area contributed by atoms with Crippen LogP contribution in [-0.4, -0.2) is 28.0 Å². The summed E-state index contributed by atoms with van der Waals surface area (Å²) in [7, 11) is 1.75. The maximum atomic E-state index is 13.7. The topological polar surface area (TPSA) is 85.2 Å².